The van der Waals surface area contributed by atoms with Gasteiger partial charge in [-0.25, -0.2) is 0 Å². The Morgan fingerprint density at radius 3 is 2.53 bits per heavy atom. The molecule has 0 bridgehead atoms. The fourth-order valence-corrected chi connectivity index (χ4v) is 5.36. The van der Waals surface area contributed by atoms with Crippen LogP contribution in [0.15, 0.2) is 24.3 Å². The summed E-state index contributed by atoms with van der Waals surface area (Å²) in [7, 11) is 0. The van der Waals surface area contributed by atoms with Crippen molar-refractivity contribution in [1.82, 2.24) is 15.5 Å². The molecule has 1 aromatic rings. The van der Waals surface area contributed by atoms with Crippen LogP contribution in [-0.4, -0.2) is 47.2 Å². The highest BCUT2D eigenvalue weighted by Gasteiger charge is 2.48. The zero-order valence-corrected chi connectivity index (χ0v) is 17.5. The van der Waals surface area contributed by atoms with E-state index in [1.165, 1.54) is 6.42 Å². The van der Waals surface area contributed by atoms with Crippen molar-refractivity contribution < 1.29 is 9.59 Å². The van der Waals surface area contributed by atoms with Crippen LogP contribution in [0.4, 0.5) is 0 Å². The van der Waals surface area contributed by atoms with Gasteiger partial charge < -0.3 is 21.3 Å². The molecular formula is C23H33N5O2. The molecule has 0 spiro atoms. The Hall–Kier alpha value is -2.41. The molecule has 4 rings (SSSR count). The number of amides is 2. The SMILES string of the molecule is N=C(N)c1ccc(CNC(=O)[C@@H]2C[C@@H]3CCCC[C@@H]3N2C(=O)[C@H]2CCCCN2)cc1. The largest absolute Gasteiger partial charge is 0.384 e. The number of likely N-dealkylation sites (tertiary alicyclic amines) is 1. The molecule has 3 aliphatic rings. The van der Waals surface area contributed by atoms with Crippen molar-refractivity contribution in [3.8, 4) is 0 Å². The number of nitrogens with two attached hydrogens (primary N) is 1. The second-order valence-corrected chi connectivity index (χ2v) is 8.94. The summed E-state index contributed by atoms with van der Waals surface area (Å²) in [6.45, 7) is 1.29. The number of piperidine rings is 1. The molecule has 2 aliphatic heterocycles. The Balaban J connectivity index is 1.44. The molecule has 0 unspecified atom stereocenters. The number of nitrogens with one attached hydrogen (secondary N) is 3. The number of carbonyl (C=O) groups excluding carboxylic acids is 2. The van der Waals surface area contributed by atoms with Crippen LogP contribution in [0.3, 0.4) is 0 Å². The summed E-state index contributed by atoms with van der Waals surface area (Å²) in [4.78, 5) is 28.5. The van der Waals surface area contributed by atoms with E-state index in [0.29, 0.717) is 18.0 Å². The lowest BCUT2D eigenvalue weighted by Crippen LogP contribution is -2.56. The normalized spacial score (nSPS) is 28.6. The third-order valence-electron chi connectivity index (χ3n) is 6.99. The van der Waals surface area contributed by atoms with Crippen LogP contribution in [0.2, 0.25) is 0 Å². The molecular weight excluding hydrogens is 378 g/mol. The Kier molecular flexibility index (Phi) is 6.37. The predicted octanol–water partition coefficient (Wildman–Crippen LogP) is 1.89. The molecule has 7 heteroatoms. The summed E-state index contributed by atoms with van der Waals surface area (Å²) >= 11 is 0. The average molecular weight is 412 g/mol. The predicted molar refractivity (Wildman–Crippen MR) is 116 cm³/mol. The van der Waals surface area contributed by atoms with Crippen molar-refractivity contribution in [3.05, 3.63) is 35.4 Å². The van der Waals surface area contributed by atoms with E-state index in [2.05, 4.69) is 10.6 Å². The van der Waals surface area contributed by atoms with Crippen molar-refractivity contribution in [3.63, 3.8) is 0 Å². The van der Waals surface area contributed by atoms with Gasteiger partial charge in [-0.05, 0) is 50.1 Å². The summed E-state index contributed by atoms with van der Waals surface area (Å²) in [5.74, 6) is 0.542. The fourth-order valence-electron chi connectivity index (χ4n) is 5.36. The van der Waals surface area contributed by atoms with Crippen LogP contribution in [-0.2, 0) is 16.1 Å². The van der Waals surface area contributed by atoms with Crippen LogP contribution in [0.1, 0.15) is 62.5 Å². The molecule has 1 aliphatic carbocycles. The van der Waals surface area contributed by atoms with E-state index in [1.54, 1.807) is 12.1 Å². The van der Waals surface area contributed by atoms with Gasteiger partial charge in [0.1, 0.15) is 11.9 Å². The van der Waals surface area contributed by atoms with E-state index in [-0.39, 0.29) is 35.8 Å². The quantitative estimate of drug-likeness (QED) is 0.438. The van der Waals surface area contributed by atoms with Crippen LogP contribution < -0.4 is 16.4 Å². The minimum atomic E-state index is -0.370. The third-order valence-corrected chi connectivity index (χ3v) is 6.99. The first kappa shape index (κ1) is 20.8. The van der Waals surface area contributed by atoms with Crippen molar-refractivity contribution in [2.75, 3.05) is 6.54 Å². The molecule has 0 radical (unpaired) electrons. The van der Waals surface area contributed by atoms with Crippen molar-refractivity contribution >= 4 is 17.6 Å². The lowest BCUT2D eigenvalue weighted by atomic mass is 9.84. The van der Waals surface area contributed by atoms with E-state index in [0.717, 1.165) is 57.1 Å². The molecule has 2 amide bonds. The van der Waals surface area contributed by atoms with Crippen LogP contribution in [0.5, 0.6) is 0 Å². The molecule has 1 saturated carbocycles. The fraction of sp³-hybridized carbons (Fsp3) is 0.609. The van der Waals surface area contributed by atoms with E-state index in [9.17, 15) is 9.59 Å². The number of carbonyl (C=O) groups is 2. The molecule has 0 aromatic heterocycles. The molecule has 5 N–H and O–H groups in total. The molecule has 2 saturated heterocycles. The number of hydrogen-bond acceptors (Lipinski definition) is 4. The molecule has 3 fully saturated rings. The molecule has 30 heavy (non-hydrogen) atoms. The maximum absolute atomic E-state index is 13.4. The number of amidine groups is 1. The summed E-state index contributed by atoms with van der Waals surface area (Å²) in [6.07, 6.45) is 8.28. The van der Waals surface area contributed by atoms with Crippen LogP contribution in [0.25, 0.3) is 0 Å². The summed E-state index contributed by atoms with van der Waals surface area (Å²) < 4.78 is 0. The van der Waals surface area contributed by atoms with Gasteiger partial charge >= 0.3 is 0 Å². The van der Waals surface area contributed by atoms with Crippen molar-refractivity contribution in [2.45, 2.75) is 76.0 Å². The third kappa shape index (κ3) is 4.36. The minimum absolute atomic E-state index is 0.0321. The van der Waals surface area contributed by atoms with E-state index in [4.69, 9.17) is 11.1 Å². The Bertz CT molecular complexity index is 787. The number of nitrogens with zero attached hydrogens (tertiary/aromatic N) is 1. The number of fused-ring (bicyclic) bond motifs is 1. The lowest BCUT2D eigenvalue weighted by Gasteiger charge is -2.37. The first-order valence-electron chi connectivity index (χ1n) is 11.3. The molecule has 2 heterocycles. The number of hydrogen-bond donors (Lipinski definition) is 4. The van der Waals surface area contributed by atoms with Gasteiger partial charge in [-0.15, -0.1) is 0 Å². The molecule has 4 atom stereocenters. The second-order valence-electron chi connectivity index (χ2n) is 8.94. The van der Waals surface area contributed by atoms with E-state index in [1.807, 2.05) is 17.0 Å². The number of benzene rings is 1. The smallest absolute Gasteiger partial charge is 0.243 e. The monoisotopic (exact) mass is 411 g/mol. The maximum atomic E-state index is 13.4. The molecule has 162 valence electrons. The van der Waals surface area contributed by atoms with Crippen LogP contribution >= 0.6 is 0 Å². The van der Waals surface area contributed by atoms with Gasteiger partial charge in [-0.2, -0.15) is 0 Å². The highest BCUT2D eigenvalue weighted by atomic mass is 16.2. The Morgan fingerprint density at radius 1 is 1.10 bits per heavy atom. The lowest BCUT2D eigenvalue weighted by molar-refractivity contribution is -0.143. The van der Waals surface area contributed by atoms with Crippen molar-refractivity contribution in [1.29, 1.82) is 5.41 Å². The average Bonchev–Trinajstić information content (AvgIpc) is 3.17. The minimum Gasteiger partial charge on any atom is -0.384 e. The maximum Gasteiger partial charge on any atom is 0.243 e. The Morgan fingerprint density at radius 2 is 1.83 bits per heavy atom. The number of rotatable bonds is 5. The number of nitrogen functional groups attached to an aromatic ring is 1. The van der Waals surface area contributed by atoms with E-state index >= 15 is 0 Å². The van der Waals surface area contributed by atoms with Gasteiger partial charge in [-0.1, -0.05) is 43.5 Å². The van der Waals surface area contributed by atoms with Crippen LogP contribution in [0, 0.1) is 11.3 Å². The van der Waals surface area contributed by atoms with Crippen molar-refractivity contribution in [2.24, 2.45) is 11.7 Å². The standard InChI is InChI=1S/C23H33N5O2/c24-21(25)16-10-8-15(9-11-16)14-27-22(29)20-13-17-5-1-2-7-19(17)28(20)23(30)18-6-3-4-12-26-18/h8-11,17-20,26H,1-7,12-14H2,(H3,24,25)(H,27,29)/t17-,18+,19-,20-/m0/s1. The van der Waals surface area contributed by atoms with Gasteiger partial charge in [0.05, 0.1) is 6.04 Å². The molecule has 1 aromatic carbocycles. The van der Waals surface area contributed by atoms with Gasteiger partial charge in [0.15, 0.2) is 0 Å². The zero-order chi connectivity index (χ0) is 21.1. The van der Waals surface area contributed by atoms with Gasteiger partial charge in [-0.3, -0.25) is 15.0 Å². The second kappa shape index (κ2) is 9.16. The summed E-state index contributed by atoms with van der Waals surface area (Å²) in [5.41, 5.74) is 7.12. The van der Waals surface area contributed by atoms with Gasteiger partial charge in [0, 0.05) is 18.2 Å². The highest BCUT2D eigenvalue weighted by Crippen LogP contribution is 2.40. The summed E-state index contributed by atoms with van der Waals surface area (Å²) in [6, 6.07) is 7.03. The van der Waals surface area contributed by atoms with Gasteiger partial charge in [0.2, 0.25) is 11.8 Å². The van der Waals surface area contributed by atoms with E-state index < -0.39 is 0 Å². The molecule has 7 nitrogen and oxygen atoms in total. The first-order chi connectivity index (χ1) is 14.5. The first-order valence-corrected chi connectivity index (χ1v) is 11.3. The Labute approximate surface area is 178 Å². The topological polar surface area (TPSA) is 111 Å². The zero-order valence-electron chi connectivity index (χ0n) is 17.5. The summed E-state index contributed by atoms with van der Waals surface area (Å²) in [5, 5.41) is 13.9. The highest BCUT2D eigenvalue weighted by molar-refractivity contribution is 5.95. The van der Waals surface area contributed by atoms with Gasteiger partial charge in [0.25, 0.3) is 0 Å².